The van der Waals surface area contributed by atoms with Crippen LogP contribution in [0.3, 0.4) is 0 Å². The Morgan fingerprint density at radius 2 is 2.40 bits per heavy atom. The van der Waals surface area contributed by atoms with Crippen molar-refractivity contribution in [1.29, 1.82) is 0 Å². The van der Waals surface area contributed by atoms with Crippen LogP contribution in [0.1, 0.15) is 13.3 Å². The van der Waals surface area contributed by atoms with Gasteiger partial charge in [-0.15, -0.1) is 11.8 Å². The van der Waals surface area contributed by atoms with Gasteiger partial charge in [0.15, 0.2) is 0 Å². The van der Waals surface area contributed by atoms with Crippen molar-refractivity contribution in [2.45, 2.75) is 19.4 Å². The molecule has 0 aliphatic rings. The van der Waals surface area contributed by atoms with Crippen LogP contribution >= 0.6 is 11.8 Å². The Hall–Kier alpha value is -0.280. The van der Waals surface area contributed by atoms with Crippen molar-refractivity contribution in [2.24, 2.45) is 5.73 Å². The number of hydrogen-bond donors (Lipinski definition) is 1. The van der Waals surface area contributed by atoms with E-state index in [9.17, 15) is 4.79 Å². The zero-order valence-electron chi connectivity index (χ0n) is 6.33. The molecule has 0 aliphatic heterocycles. The average Bonchev–Trinajstić information content (AvgIpc) is 1.99. The Bertz CT molecular complexity index is 134. The normalized spacial score (nSPS) is 14.9. The van der Waals surface area contributed by atoms with Gasteiger partial charge < -0.3 is 10.5 Å². The molecule has 0 heterocycles. The van der Waals surface area contributed by atoms with E-state index in [1.807, 2.05) is 19.3 Å². The zero-order valence-corrected chi connectivity index (χ0v) is 7.15. The standard InChI is InChI=1S/C7H13NOS/c1-3-7(10-2)4-6(8)5-9/h3,5-6H,4,8H2,1-2H3. The number of thioether (sulfide) groups is 1. The molecule has 58 valence electrons. The largest absolute Gasteiger partial charge is 0.321 e. The van der Waals surface area contributed by atoms with E-state index in [1.165, 1.54) is 4.91 Å². The van der Waals surface area contributed by atoms with E-state index in [1.54, 1.807) is 11.8 Å². The van der Waals surface area contributed by atoms with Crippen molar-refractivity contribution in [3.8, 4) is 0 Å². The summed E-state index contributed by atoms with van der Waals surface area (Å²) >= 11 is 1.64. The van der Waals surface area contributed by atoms with Crippen molar-refractivity contribution >= 4 is 18.0 Å². The van der Waals surface area contributed by atoms with Crippen LogP contribution in [0.2, 0.25) is 0 Å². The number of carbonyl (C=O) groups excluding carboxylic acids is 1. The fourth-order valence-electron chi connectivity index (χ4n) is 0.599. The lowest BCUT2D eigenvalue weighted by Gasteiger charge is -2.04. The van der Waals surface area contributed by atoms with E-state index in [4.69, 9.17) is 5.73 Å². The molecule has 10 heavy (non-hydrogen) atoms. The number of nitrogens with two attached hydrogens (primary N) is 1. The SMILES string of the molecule is CC=C(CC(N)C=O)SC. The van der Waals surface area contributed by atoms with Crippen molar-refractivity contribution in [3.63, 3.8) is 0 Å². The van der Waals surface area contributed by atoms with Crippen LogP contribution in [0.4, 0.5) is 0 Å². The highest BCUT2D eigenvalue weighted by molar-refractivity contribution is 8.02. The quantitative estimate of drug-likeness (QED) is 0.626. The van der Waals surface area contributed by atoms with Crippen LogP contribution in [0.25, 0.3) is 0 Å². The van der Waals surface area contributed by atoms with Crippen molar-refractivity contribution in [1.82, 2.24) is 0 Å². The molecule has 1 unspecified atom stereocenters. The summed E-state index contributed by atoms with van der Waals surface area (Å²) in [4.78, 5) is 11.3. The smallest absolute Gasteiger partial charge is 0.137 e. The Morgan fingerprint density at radius 3 is 2.70 bits per heavy atom. The van der Waals surface area contributed by atoms with E-state index < -0.39 is 0 Å². The third kappa shape index (κ3) is 3.69. The molecule has 0 bridgehead atoms. The van der Waals surface area contributed by atoms with Gasteiger partial charge in [0.1, 0.15) is 6.29 Å². The number of carbonyl (C=O) groups is 1. The van der Waals surface area contributed by atoms with Crippen molar-refractivity contribution < 1.29 is 4.79 Å². The second-order valence-corrected chi connectivity index (χ2v) is 2.90. The van der Waals surface area contributed by atoms with Gasteiger partial charge in [-0.2, -0.15) is 0 Å². The van der Waals surface area contributed by atoms with E-state index in [-0.39, 0.29) is 6.04 Å². The molecule has 0 saturated carbocycles. The molecule has 0 aromatic heterocycles. The van der Waals surface area contributed by atoms with Gasteiger partial charge in [0, 0.05) is 0 Å². The Morgan fingerprint density at radius 1 is 1.80 bits per heavy atom. The summed E-state index contributed by atoms with van der Waals surface area (Å²) in [5, 5.41) is 0. The van der Waals surface area contributed by atoms with Gasteiger partial charge in [-0.05, 0) is 24.5 Å². The molecular weight excluding hydrogens is 146 g/mol. The lowest BCUT2D eigenvalue weighted by atomic mass is 10.2. The number of aldehydes is 1. The van der Waals surface area contributed by atoms with E-state index in [2.05, 4.69) is 0 Å². The van der Waals surface area contributed by atoms with E-state index in [0.29, 0.717) is 6.42 Å². The number of allylic oxidation sites excluding steroid dienone is 1. The molecule has 0 aromatic rings. The third-order valence-electron chi connectivity index (χ3n) is 1.20. The van der Waals surface area contributed by atoms with Gasteiger partial charge in [-0.25, -0.2) is 0 Å². The van der Waals surface area contributed by atoms with Crippen LogP contribution in [0, 0.1) is 0 Å². The molecule has 0 fully saturated rings. The summed E-state index contributed by atoms with van der Waals surface area (Å²) in [6.07, 6.45) is 5.40. The minimum atomic E-state index is -0.335. The molecule has 0 aromatic carbocycles. The number of rotatable bonds is 4. The highest BCUT2D eigenvalue weighted by Crippen LogP contribution is 2.15. The lowest BCUT2D eigenvalue weighted by Crippen LogP contribution is -2.21. The predicted octanol–water partition coefficient (Wildman–Crippen LogP) is 1.17. The lowest BCUT2D eigenvalue weighted by molar-refractivity contribution is -0.108. The summed E-state index contributed by atoms with van der Waals surface area (Å²) in [7, 11) is 0. The summed E-state index contributed by atoms with van der Waals surface area (Å²) < 4.78 is 0. The molecule has 3 heteroatoms. The minimum absolute atomic E-state index is 0.335. The summed E-state index contributed by atoms with van der Waals surface area (Å²) in [6, 6.07) is -0.335. The fraction of sp³-hybridized carbons (Fsp3) is 0.571. The summed E-state index contributed by atoms with van der Waals surface area (Å²) in [5.74, 6) is 0. The van der Waals surface area contributed by atoms with Gasteiger partial charge in [0.05, 0.1) is 6.04 Å². The highest BCUT2D eigenvalue weighted by atomic mass is 32.2. The Labute approximate surface area is 65.9 Å². The molecule has 2 N–H and O–H groups in total. The van der Waals surface area contributed by atoms with Gasteiger partial charge in [0.2, 0.25) is 0 Å². The summed E-state index contributed by atoms with van der Waals surface area (Å²) in [6.45, 7) is 1.95. The van der Waals surface area contributed by atoms with E-state index in [0.717, 1.165) is 6.29 Å². The first kappa shape index (κ1) is 9.72. The third-order valence-corrected chi connectivity index (χ3v) is 2.12. The molecule has 2 nitrogen and oxygen atoms in total. The first-order chi connectivity index (χ1) is 4.74. The van der Waals surface area contributed by atoms with Crippen LogP contribution in [-0.4, -0.2) is 18.6 Å². The second-order valence-electron chi connectivity index (χ2n) is 1.96. The van der Waals surface area contributed by atoms with Gasteiger partial charge in [0.25, 0.3) is 0 Å². The predicted molar refractivity (Wildman–Crippen MR) is 45.9 cm³/mol. The van der Waals surface area contributed by atoms with Crippen molar-refractivity contribution in [3.05, 3.63) is 11.0 Å². The van der Waals surface area contributed by atoms with Crippen LogP contribution in [-0.2, 0) is 4.79 Å². The number of hydrogen-bond acceptors (Lipinski definition) is 3. The van der Waals surface area contributed by atoms with Crippen LogP contribution < -0.4 is 5.73 Å². The zero-order chi connectivity index (χ0) is 7.98. The van der Waals surface area contributed by atoms with E-state index >= 15 is 0 Å². The molecule has 0 saturated heterocycles. The maximum atomic E-state index is 10.1. The van der Waals surface area contributed by atoms with Crippen LogP contribution in [0.5, 0.6) is 0 Å². The second kappa shape index (κ2) is 5.50. The highest BCUT2D eigenvalue weighted by Gasteiger charge is 2.01. The molecule has 0 amide bonds. The fourth-order valence-corrected chi connectivity index (χ4v) is 1.19. The molecule has 1 atom stereocenters. The molecular formula is C7H13NOS. The van der Waals surface area contributed by atoms with Gasteiger partial charge >= 0.3 is 0 Å². The minimum Gasteiger partial charge on any atom is -0.321 e. The summed E-state index contributed by atoms with van der Waals surface area (Å²) in [5.41, 5.74) is 5.40. The Balaban J connectivity index is 3.74. The molecule has 0 aliphatic carbocycles. The van der Waals surface area contributed by atoms with Gasteiger partial charge in [-0.3, -0.25) is 0 Å². The monoisotopic (exact) mass is 159 g/mol. The molecule has 0 radical (unpaired) electrons. The maximum Gasteiger partial charge on any atom is 0.137 e. The average molecular weight is 159 g/mol. The first-order valence-electron chi connectivity index (χ1n) is 3.14. The topological polar surface area (TPSA) is 43.1 Å². The molecule has 0 rings (SSSR count). The van der Waals surface area contributed by atoms with Gasteiger partial charge in [-0.1, -0.05) is 6.08 Å². The van der Waals surface area contributed by atoms with Crippen molar-refractivity contribution in [2.75, 3.05) is 6.26 Å². The first-order valence-corrected chi connectivity index (χ1v) is 4.37. The molecule has 0 spiro atoms. The Kier molecular flexibility index (Phi) is 5.35. The maximum absolute atomic E-state index is 10.1. The van der Waals surface area contributed by atoms with Crippen LogP contribution in [0.15, 0.2) is 11.0 Å².